The highest BCUT2D eigenvalue weighted by Crippen LogP contribution is 2.44. The number of rotatable bonds is 11. The van der Waals surface area contributed by atoms with Gasteiger partial charge in [-0.1, -0.05) is 55.5 Å². The lowest BCUT2D eigenvalue weighted by Crippen LogP contribution is -2.34. The second kappa shape index (κ2) is 11.5. The van der Waals surface area contributed by atoms with Gasteiger partial charge in [-0.25, -0.2) is 4.79 Å². The van der Waals surface area contributed by atoms with Gasteiger partial charge in [0.15, 0.2) is 0 Å². The predicted molar refractivity (Wildman–Crippen MR) is 126 cm³/mol. The summed E-state index contributed by atoms with van der Waals surface area (Å²) in [5, 5.41) is 11.6. The summed E-state index contributed by atoms with van der Waals surface area (Å²) in [6.45, 7) is 5.16. The van der Waals surface area contributed by atoms with Crippen LogP contribution >= 0.6 is 0 Å². The molecule has 1 aliphatic rings. The second-order valence-electron chi connectivity index (χ2n) is 8.47. The van der Waals surface area contributed by atoms with Gasteiger partial charge in [-0.2, -0.15) is 0 Å². The Morgan fingerprint density at radius 1 is 1.06 bits per heavy atom. The predicted octanol–water partition coefficient (Wildman–Crippen LogP) is 4.26. The number of hydrogen-bond acceptors (Lipinski definition) is 4. The van der Waals surface area contributed by atoms with Gasteiger partial charge in [0.1, 0.15) is 6.61 Å². The summed E-state index contributed by atoms with van der Waals surface area (Å²) in [6, 6.07) is 16.4. The number of carbonyl (C=O) groups excluding carboxylic acids is 2. The lowest BCUT2D eigenvalue weighted by Gasteiger charge is -2.22. The molecule has 1 atom stereocenters. The van der Waals surface area contributed by atoms with E-state index in [2.05, 4.69) is 29.6 Å². The summed E-state index contributed by atoms with van der Waals surface area (Å²) in [5.41, 5.74) is 4.71. The third-order valence-electron chi connectivity index (χ3n) is 6.10. The molecule has 0 aliphatic heterocycles. The minimum Gasteiger partial charge on any atom is -0.481 e. The van der Waals surface area contributed by atoms with E-state index in [-0.39, 0.29) is 37.3 Å². The number of ether oxygens (including phenoxy) is 1. The van der Waals surface area contributed by atoms with Gasteiger partial charge < -0.3 is 20.1 Å². The maximum absolute atomic E-state index is 12.4. The van der Waals surface area contributed by atoms with E-state index in [0.717, 1.165) is 0 Å². The number of alkyl carbamates (subject to hydrolysis) is 1. The number of fused-ring (bicyclic) bond motifs is 3. The minimum absolute atomic E-state index is 0.0190. The van der Waals surface area contributed by atoms with Gasteiger partial charge in [-0.3, -0.25) is 9.59 Å². The monoisotopic (exact) mass is 452 g/mol. The van der Waals surface area contributed by atoms with Crippen molar-refractivity contribution in [3.05, 3.63) is 59.7 Å². The van der Waals surface area contributed by atoms with Crippen LogP contribution in [0.2, 0.25) is 0 Å². The standard InChI is InChI=1S/C26H32N2O5/c1-3-28(15-13-25(30)31)24(29)16-18(2)12-14-27-26(32)33-17-23-21-10-6-4-8-19(21)20-9-5-7-11-22(20)23/h4-11,18,23H,3,12-17H2,1-2H3,(H,27,32)(H,30,31). The zero-order valence-corrected chi connectivity index (χ0v) is 19.3. The number of carboxylic acid groups (broad SMARTS) is 1. The molecule has 0 spiro atoms. The highest BCUT2D eigenvalue weighted by Gasteiger charge is 2.29. The van der Waals surface area contributed by atoms with Crippen molar-refractivity contribution in [1.29, 1.82) is 0 Å². The highest BCUT2D eigenvalue weighted by atomic mass is 16.5. The van der Waals surface area contributed by atoms with Crippen LogP contribution in [0.4, 0.5) is 4.79 Å². The summed E-state index contributed by atoms with van der Waals surface area (Å²) in [6.07, 6.45) is 0.427. The molecule has 7 heteroatoms. The number of carboxylic acids is 1. The fourth-order valence-corrected chi connectivity index (χ4v) is 4.29. The van der Waals surface area contributed by atoms with Crippen LogP contribution in [-0.2, 0) is 14.3 Å². The summed E-state index contributed by atoms with van der Waals surface area (Å²) >= 11 is 0. The molecule has 0 radical (unpaired) electrons. The first-order valence-electron chi connectivity index (χ1n) is 11.5. The van der Waals surface area contributed by atoms with Crippen molar-refractivity contribution >= 4 is 18.0 Å². The van der Waals surface area contributed by atoms with E-state index in [1.807, 2.05) is 38.1 Å². The minimum atomic E-state index is -0.915. The molecular formula is C26H32N2O5. The van der Waals surface area contributed by atoms with Crippen molar-refractivity contribution in [1.82, 2.24) is 10.2 Å². The molecule has 0 aromatic heterocycles. The summed E-state index contributed by atoms with van der Waals surface area (Å²) in [7, 11) is 0. The van der Waals surface area contributed by atoms with Crippen LogP contribution in [0.3, 0.4) is 0 Å². The maximum atomic E-state index is 12.4. The number of amides is 2. The lowest BCUT2D eigenvalue weighted by molar-refractivity contribution is -0.138. The van der Waals surface area contributed by atoms with Crippen LogP contribution in [0.15, 0.2) is 48.5 Å². The molecule has 1 unspecified atom stereocenters. The van der Waals surface area contributed by atoms with Gasteiger partial charge >= 0.3 is 12.1 Å². The Bertz CT molecular complexity index is 945. The Kier molecular flexibility index (Phi) is 8.46. The Morgan fingerprint density at radius 2 is 1.67 bits per heavy atom. The van der Waals surface area contributed by atoms with E-state index in [1.165, 1.54) is 22.3 Å². The fraction of sp³-hybridized carbons (Fsp3) is 0.423. The number of nitrogens with one attached hydrogen (secondary N) is 1. The Balaban J connectivity index is 1.42. The van der Waals surface area contributed by atoms with Crippen molar-refractivity contribution < 1.29 is 24.2 Å². The second-order valence-corrected chi connectivity index (χ2v) is 8.47. The first-order chi connectivity index (χ1) is 15.9. The molecule has 1 aliphatic carbocycles. The molecule has 176 valence electrons. The normalized spacial score (nSPS) is 13.0. The quantitative estimate of drug-likeness (QED) is 0.531. The van der Waals surface area contributed by atoms with Crippen molar-refractivity contribution in [3.63, 3.8) is 0 Å². The summed E-state index contributed by atoms with van der Waals surface area (Å²) in [4.78, 5) is 36.9. The first-order valence-corrected chi connectivity index (χ1v) is 11.5. The maximum Gasteiger partial charge on any atom is 0.407 e. The van der Waals surface area contributed by atoms with Gasteiger partial charge in [0.05, 0.1) is 6.42 Å². The largest absolute Gasteiger partial charge is 0.481 e. The Morgan fingerprint density at radius 3 is 2.24 bits per heavy atom. The van der Waals surface area contributed by atoms with Gasteiger partial charge in [0.25, 0.3) is 0 Å². The lowest BCUT2D eigenvalue weighted by atomic mass is 9.98. The third kappa shape index (κ3) is 6.34. The topological polar surface area (TPSA) is 95.9 Å². The van der Waals surface area contributed by atoms with Gasteiger partial charge in [-0.05, 0) is 41.5 Å². The van der Waals surface area contributed by atoms with E-state index in [0.29, 0.717) is 25.9 Å². The summed E-state index contributed by atoms with van der Waals surface area (Å²) < 4.78 is 5.53. The fourth-order valence-electron chi connectivity index (χ4n) is 4.29. The van der Waals surface area contributed by atoms with E-state index in [9.17, 15) is 14.4 Å². The van der Waals surface area contributed by atoms with E-state index < -0.39 is 12.1 Å². The van der Waals surface area contributed by atoms with Crippen LogP contribution in [0, 0.1) is 5.92 Å². The smallest absolute Gasteiger partial charge is 0.407 e. The van der Waals surface area contributed by atoms with Crippen molar-refractivity contribution in [2.24, 2.45) is 5.92 Å². The average Bonchev–Trinajstić information content (AvgIpc) is 3.11. The molecule has 2 aromatic carbocycles. The molecule has 0 saturated heterocycles. The molecule has 0 heterocycles. The Labute approximate surface area is 194 Å². The van der Waals surface area contributed by atoms with E-state index in [1.54, 1.807) is 4.90 Å². The van der Waals surface area contributed by atoms with Crippen LogP contribution < -0.4 is 5.32 Å². The van der Waals surface area contributed by atoms with Crippen LogP contribution in [0.5, 0.6) is 0 Å². The average molecular weight is 453 g/mol. The molecule has 2 N–H and O–H groups in total. The van der Waals surface area contributed by atoms with E-state index in [4.69, 9.17) is 9.84 Å². The zero-order chi connectivity index (χ0) is 23.8. The summed E-state index contributed by atoms with van der Waals surface area (Å²) in [5.74, 6) is -0.898. The molecule has 33 heavy (non-hydrogen) atoms. The SMILES string of the molecule is CCN(CCC(=O)O)C(=O)CC(C)CCNC(=O)OCC1c2ccccc2-c2ccccc21. The van der Waals surface area contributed by atoms with Crippen molar-refractivity contribution in [2.45, 2.75) is 39.0 Å². The van der Waals surface area contributed by atoms with Crippen LogP contribution in [-0.4, -0.2) is 54.2 Å². The van der Waals surface area contributed by atoms with Gasteiger partial charge in [0, 0.05) is 32.0 Å². The number of carbonyl (C=O) groups is 3. The third-order valence-corrected chi connectivity index (χ3v) is 6.10. The molecular weight excluding hydrogens is 420 g/mol. The number of hydrogen-bond donors (Lipinski definition) is 2. The molecule has 0 saturated carbocycles. The van der Waals surface area contributed by atoms with Crippen molar-refractivity contribution in [3.8, 4) is 11.1 Å². The highest BCUT2D eigenvalue weighted by molar-refractivity contribution is 5.79. The van der Waals surface area contributed by atoms with Crippen LogP contribution in [0.1, 0.15) is 50.2 Å². The molecule has 0 fully saturated rings. The van der Waals surface area contributed by atoms with Crippen molar-refractivity contribution in [2.75, 3.05) is 26.2 Å². The Hall–Kier alpha value is -3.35. The van der Waals surface area contributed by atoms with Gasteiger partial charge in [-0.15, -0.1) is 0 Å². The zero-order valence-electron chi connectivity index (χ0n) is 19.3. The van der Waals surface area contributed by atoms with E-state index >= 15 is 0 Å². The molecule has 2 aromatic rings. The van der Waals surface area contributed by atoms with Crippen LogP contribution in [0.25, 0.3) is 11.1 Å². The first kappa shape index (κ1) is 24.3. The number of aliphatic carboxylic acids is 1. The molecule has 3 rings (SSSR count). The molecule has 2 amide bonds. The van der Waals surface area contributed by atoms with Gasteiger partial charge in [0.2, 0.25) is 5.91 Å². The number of nitrogens with zero attached hydrogens (tertiary/aromatic N) is 1. The molecule has 0 bridgehead atoms. The molecule has 7 nitrogen and oxygen atoms in total. The number of benzene rings is 2.